The standard InChI is InChI=1S/C34H33Cl3F2N6O3/c1-8-22(46)44-17(5)13-43(14-18(44)6)31-19-11-21(35)28(23-24(36)26(38)27(39)32(47)25(23)37)41-33(19)45(34(48)20(31)12-40)30-16(4)9-10-42(7)29(30)15(2)3/h8-11,15,17-18,29,47H,1,13-14H2,2-7H3/t17-,18+,29-/m1/s1. The van der Waals surface area contributed by atoms with Gasteiger partial charge in [0.2, 0.25) is 11.7 Å². The molecule has 5 rings (SSSR count). The van der Waals surface area contributed by atoms with Crippen molar-refractivity contribution in [3.05, 3.63) is 79.2 Å². The molecule has 2 aliphatic heterocycles. The van der Waals surface area contributed by atoms with Crippen LogP contribution in [0.25, 0.3) is 28.0 Å². The zero-order valence-electron chi connectivity index (χ0n) is 27.1. The molecule has 3 aromatic rings. The molecule has 1 N–H and O–H groups in total. The second-order valence-corrected chi connectivity index (χ2v) is 13.6. The molecule has 2 aliphatic rings. The Morgan fingerprint density at radius 3 is 2.35 bits per heavy atom. The van der Waals surface area contributed by atoms with Crippen molar-refractivity contribution in [3.8, 4) is 23.1 Å². The van der Waals surface area contributed by atoms with Gasteiger partial charge in [-0.3, -0.25) is 14.2 Å². The average Bonchev–Trinajstić information content (AvgIpc) is 3.03. The summed E-state index contributed by atoms with van der Waals surface area (Å²) >= 11 is 19.4. The van der Waals surface area contributed by atoms with Crippen molar-refractivity contribution < 1.29 is 18.7 Å². The smallest absolute Gasteiger partial charge is 0.276 e. The van der Waals surface area contributed by atoms with E-state index in [-0.39, 0.29) is 76.2 Å². The number of allylic oxidation sites excluding steroid dienone is 2. The Morgan fingerprint density at radius 1 is 1.17 bits per heavy atom. The number of pyridine rings is 2. The third-order valence-corrected chi connectivity index (χ3v) is 9.90. The fourth-order valence-electron chi connectivity index (χ4n) is 6.90. The molecule has 1 aromatic carbocycles. The maximum atomic E-state index is 14.9. The molecular formula is C34H33Cl3F2N6O3. The van der Waals surface area contributed by atoms with Gasteiger partial charge in [0.25, 0.3) is 5.56 Å². The molecule has 1 saturated heterocycles. The van der Waals surface area contributed by atoms with Crippen LogP contribution in [0.15, 0.2) is 41.4 Å². The van der Waals surface area contributed by atoms with Crippen LogP contribution in [0.3, 0.4) is 0 Å². The molecule has 1 amide bonds. The molecule has 0 aliphatic carbocycles. The summed E-state index contributed by atoms with van der Waals surface area (Å²) in [5.41, 5.74) is 0.128. The van der Waals surface area contributed by atoms with Crippen molar-refractivity contribution in [2.45, 2.75) is 52.7 Å². The van der Waals surface area contributed by atoms with Crippen molar-refractivity contribution in [2.24, 2.45) is 5.92 Å². The van der Waals surface area contributed by atoms with E-state index in [1.54, 1.807) is 4.90 Å². The molecule has 0 saturated carbocycles. The van der Waals surface area contributed by atoms with Gasteiger partial charge in [0, 0.05) is 43.2 Å². The number of carbonyl (C=O) groups excluding carboxylic acids is 1. The van der Waals surface area contributed by atoms with E-state index in [9.17, 15) is 28.7 Å². The van der Waals surface area contributed by atoms with Crippen molar-refractivity contribution in [1.82, 2.24) is 19.4 Å². The number of likely N-dealkylation sites (N-methyl/N-ethyl adjacent to an activating group) is 1. The van der Waals surface area contributed by atoms with Gasteiger partial charge in [-0.15, -0.1) is 0 Å². The second-order valence-electron chi connectivity index (χ2n) is 12.4. The van der Waals surface area contributed by atoms with Crippen molar-refractivity contribution >= 4 is 63.1 Å². The molecule has 1 fully saturated rings. The maximum Gasteiger partial charge on any atom is 0.276 e. The zero-order chi connectivity index (χ0) is 35.5. The van der Waals surface area contributed by atoms with E-state index >= 15 is 0 Å². The number of hydrogen-bond acceptors (Lipinski definition) is 7. The number of carbonyl (C=O) groups is 1. The van der Waals surface area contributed by atoms with Gasteiger partial charge in [0.15, 0.2) is 11.6 Å². The van der Waals surface area contributed by atoms with E-state index in [0.29, 0.717) is 11.1 Å². The predicted molar refractivity (Wildman–Crippen MR) is 185 cm³/mol. The summed E-state index contributed by atoms with van der Waals surface area (Å²) in [7, 11) is 1.87. The Bertz CT molecular complexity index is 2010. The summed E-state index contributed by atoms with van der Waals surface area (Å²) in [4.78, 5) is 37.6. The lowest BCUT2D eigenvalue weighted by atomic mass is 9.93. The third-order valence-electron chi connectivity index (χ3n) is 8.88. The van der Waals surface area contributed by atoms with Crippen LogP contribution in [0.4, 0.5) is 14.5 Å². The number of nitrogens with zero attached hydrogens (tertiary/aromatic N) is 6. The summed E-state index contributed by atoms with van der Waals surface area (Å²) in [5, 5.41) is 19.7. The van der Waals surface area contributed by atoms with Gasteiger partial charge in [-0.1, -0.05) is 55.2 Å². The summed E-state index contributed by atoms with van der Waals surface area (Å²) in [6.45, 7) is 13.7. The number of halogens is 5. The largest absolute Gasteiger partial charge is 0.504 e. The number of phenols is 1. The summed E-state index contributed by atoms with van der Waals surface area (Å²) < 4.78 is 30.6. The van der Waals surface area contributed by atoms with E-state index in [1.165, 1.54) is 16.7 Å². The molecule has 48 heavy (non-hydrogen) atoms. The number of aromatic nitrogens is 2. The van der Waals surface area contributed by atoms with E-state index in [2.05, 4.69) is 12.6 Å². The van der Waals surface area contributed by atoms with Gasteiger partial charge in [-0.2, -0.15) is 9.65 Å². The molecule has 0 bridgehead atoms. The van der Waals surface area contributed by atoms with Crippen molar-refractivity contribution in [2.75, 3.05) is 25.0 Å². The monoisotopic (exact) mass is 716 g/mol. The van der Waals surface area contributed by atoms with Crippen LogP contribution in [0.2, 0.25) is 15.1 Å². The highest BCUT2D eigenvalue weighted by atomic mass is 35.5. The van der Waals surface area contributed by atoms with Gasteiger partial charge in [0.05, 0.1) is 38.2 Å². The number of anilines is 1. The first-order valence-electron chi connectivity index (χ1n) is 15.1. The lowest BCUT2D eigenvalue weighted by Crippen LogP contribution is -2.58. The van der Waals surface area contributed by atoms with Gasteiger partial charge >= 0.3 is 0 Å². The van der Waals surface area contributed by atoms with E-state index in [0.717, 1.165) is 5.57 Å². The topological polar surface area (TPSA) is 106 Å². The SMILES string of the molecule is C=CC(=O)N1[C@H](C)CN(c2c(C#N)c(=O)n(C3=C(C)C=CN(C)[C@@H]3C(C)C)c3nc(-c4c(Cl)c(O)c(F)c(F)c4Cl)c(Cl)cc23)C[C@@H]1C. The highest BCUT2D eigenvalue weighted by molar-refractivity contribution is 6.42. The lowest BCUT2D eigenvalue weighted by Gasteiger charge is -2.45. The summed E-state index contributed by atoms with van der Waals surface area (Å²) in [6.07, 6.45) is 4.97. The van der Waals surface area contributed by atoms with Crippen LogP contribution in [0.1, 0.15) is 40.2 Å². The number of amides is 1. The average molecular weight is 718 g/mol. The predicted octanol–water partition coefficient (Wildman–Crippen LogP) is 7.21. The lowest BCUT2D eigenvalue weighted by molar-refractivity contribution is -0.130. The second kappa shape index (κ2) is 13.1. The first kappa shape index (κ1) is 35.2. The minimum absolute atomic E-state index is 0.0203. The van der Waals surface area contributed by atoms with Crippen LogP contribution in [0.5, 0.6) is 5.75 Å². The first-order valence-corrected chi connectivity index (χ1v) is 16.3. The maximum absolute atomic E-state index is 14.9. The van der Waals surface area contributed by atoms with Crippen molar-refractivity contribution in [3.63, 3.8) is 0 Å². The summed E-state index contributed by atoms with van der Waals surface area (Å²) in [6, 6.07) is 2.58. The van der Waals surface area contributed by atoms with Crippen LogP contribution < -0.4 is 10.5 Å². The highest BCUT2D eigenvalue weighted by Gasteiger charge is 2.37. The molecule has 14 heteroatoms. The fourth-order valence-corrected chi connectivity index (χ4v) is 7.73. The van der Waals surface area contributed by atoms with Crippen molar-refractivity contribution in [1.29, 1.82) is 5.26 Å². The zero-order valence-corrected chi connectivity index (χ0v) is 29.3. The Hall–Kier alpha value is -4.11. The Morgan fingerprint density at radius 2 is 1.79 bits per heavy atom. The number of nitriles is 1. The molecule has 3 atom stereocenters. The number of benzene rings is 1. The van der Waals surface area contributed by atoms with Crippen LogP contribution in [-0.4, -0.2) is 68.6 Å². The highest BCUT2D eigenvalue weighted by Crippen LogP contribution is 2.47. The Kier molecular flexibility index (Phi) is 9.58. The van der Waals surface area contributed by atoms with E-state index < -0.39 is 33.0 Å². The Labute approximate surface area is 291 Å². The molecule has 0 radical (unpaired) electrons. The van der Waals surface area contributed by atoms with E-state index in [4.69, 9.17) is 39.8 Å². The molecule has 2 aromatic heterocycles. The first-order chi connectivity index (χ1) is 22.6. The third kappa shape index (κ3) is 5.50. The van der Waals surface area contributed by atoms with Gasteiger partial charge in [0.1, 0.15) is 17.3 Å². The molecular weight excluding hydrogens is 685 g/mol. The Balaban J connectivity index is 1.94. The normalized spacial score (nSPS) is 19.8. The molecule has 0 unspecified atom stereocenters. The van der Waals surface area contributed by atoms with E-state index in [1.807, 2.05) is 63.7 Å². The molecule has 252 valence electrons. The van der Waals surface area contributed by atoms with Crippen LogP contribution >= 0.6 is 34.8 Å². The van der Waals surface area contributed by atoms with Gasteiger partial charge < -0.3 is 19.8 Å². The number of fused-ring (bicyclic) bond motifs is 1. The number of piperazine rings is 1. The quantitative estimate of drug-likeness (QED) is 0.169. The van der Waals surface area contributed by atoms with Gasteiger partial charge in [-0.05, 0) is 56.7 Å². The number of rotatable bonds is 5. The molecule has 0 spiro atoms. The van der Waals surface area contributed by atoms with Crippen LogP contribution in [0, 0.1) is 28.9 Å². The number of aromatic hydroxyl groups is 1. The molecule has 4 heterocycles. The fraction of sp³-hybridized carbons (Fsp3) is 0.353. The minimum atomic E-state index is -1.64. The molecule has 9 nitrogen and oxygen atoms in total. The number of hydrogen-bond donors (Lipinski definition) is 1. The number of phenolic OH excluding ortho intramolecular Hbond substituents is 1. The van der Waals surface area contributed by atoms with Crippen LogP contribution in [-0.2, 0) is 4.79 Å². The minimum Gasteiger partial charge on any atom is -0.504 e. The van der Waals surface area contributed by atoms with Gasteiger partial charge in [-0.25, -0.2) is 9.37 Å². The summed E-state index contributed by atoms with van der Waals surface area (Å²) in [5.74, 6) is -4.65.